The topological polar surface area (TPSA) is 12.0 Å². The lowest BCUT2D eigenvalue weighted by atomic mass is 9.92. The van der Waals surface area contributed by atoms with Crippen LogP contribution in [-0.2, 0) is 5.41 Å². The summed E-state index contributed by atoms with van der Waals surface area (Å²) in [5.41, 5.74) is 0.760. The van der Waals surface area contributed by atoms with Crippen molar-refractivity contribution in [3.8, 4) is 0 Å². The van der Waals surface area contributed by atoms with Gasteiger partial charge in [0.15, 0.2) is 0 Å². The number of hydrogen-bond acceptors (Lipinski definition) is 1. The second-order valence-corrected chi connectivity index (χ2v) is 4.90. The predicted molar refractivity (Wildman–Crippen MR) is 65.0 cm³/mol. The van der Waals surface area contributed by atoms with Crippen LogP contribution in [0.1, 0.15) is 32.3 Å². The Morgan fingerprint density at radius 1 is 1.24 bits per heavy atom. The number of hydrogen-bond donors (Lipinski definition) is 1. The molecule has 1 aromatic carbocycles. The molecule has 1 fully saturated rings. The molecule has 0 aromatic heterocycles. The highest BCUT2D eigenvalue weighted by molar-refractivity contribution is 5.35. The lowest BCUT2D eigenvalue weighted by Crippen LogP contribution is -2.28. The van der Waals surface area contributed by atoms with E-state index in [-0.39, 0.29) is 5.41 Å². The summed E-state index contributed by atoms with van der Waals surface area (Å²) >= 11 is 0. The summed E-state index contributed by atoms with van der Waals surface area (Å²) in [6.45, 7) is 5.87. The quantitative estimate of drug-likeness (QED) is 0.831. The average Bonchev–Trinajstić information content (AvgIpc) is 3.00. The van der Waals surface area contributed by atoms with E-state index in [0.29, 0.717) is 5.92 Å². The molecule has 0 amide bonds. The van der Waals surface area contributed by atoms with Crippen LogP contribution in [0.3, 0.4) is 0 Å². The Labute approximate surface area is 101 Å². The van der Waals surface area contributed by atoms with Crippen molar-refractivity contribution in [1.82, 2.24) is 5.32 Å². The monoisotopic (exact) mass is 239 g/mol. The smallest absolute Gasteiger partial charge is 0.126 e. The van der Waals surface area contributed by atoms with Gasteiger partial charge in [-0.15, -0.1) is 0 Å². The largest absolute Gasteiger partial charge is 0.316 e. The zero-order chi connectivity index (χ0) is 12.5. The molecule has 1 aliphatic carbocycles. The highest BCUT2D eigenvalue weighted by Gasteiger charge is 2.53. The van der Waals surface area contributed by atoms with Crippen LogP contribution in [0.5, 0.6) is 0 Å². The third-order valence-electron chi connectivity index (χ3n) is 3.85. The van der Waals surface area contributed by atoms with Gasteiger partial charge in [0.2, 0.25) is 0 Å². The molecule has 1 aromatic rings. The van der Waals surface area contributed by atoms with Crippen LogP contribution in [0, 0.1) is 17.6 Å². The summed E-state index contributed by atoms with van der Waals surface area (Å²) in [5, 5.41) is 3.31. The zero-order valence-electron chi connectivity index (χ0n) is 10.4. The van der Waals surface area contributed by atoms with E-state index in [2.05, 4.69) is 12.2 Å². The Bertz CT molecular complexity index is 385. The first kappa shape index (κ1) is 12.5. The molecule has 1 nitrogen and oxygen atoms in total. The summed E-state index contributed by atoms with van der Waals surface area (Å²) in [6.07, 6.45) is 2.09. The zero-order valence-corrected chi connectivity index (χ0v) is 10.4. The summed E-state index contributed by atoms with van der Waals surface area (Å²) in [5.74, 6) is -0.405. The van der Waals surface area contributed by atoms with Gasteiger partial charge >= 0.3 is 0 Å². The van der Waals surface area contributed by atoms with Gasteiger partial charge in [0.05, 0.1) is 0 Å². The number of likely N-dealkylation sites (N-methyl/N-ethyl adjacent to an activating group) is 1. The molecule has 1 N–H and O–H groups in total. The Morgan fingerprint density at radius 2 is 1.88 bits per heavy atom. The molecule has 0 heterocycles. The fourth-order valence-corrected chi connectivity index (χ4v) is 2.78. The molecular weight excluding hydrogens is 220 g/mol. The highest BCUT2D eigenvalue weighted by atomic mass is 19.1. The van der Waals surface area contributed by atoms with Gasteiger partial charge in [-0.2, -0.15) is 0 Å². The SMILES string of the molecule is CCNCC1(c2cc(F)cc(F)c2)CC1CC. The molecule has 17 heavy (non-hydrogen) atoms. The van der Waals surface area contributed by atoms with Crippen LogP contribution in [0.25, 0.3) is 0 Å². The molecule has 3 heteroatoms. The number of halogens is 2. The second kappa shape index (κ2) is 4.73. The Morgan fingerprint density at radius 3 is 2.35 bits per heavy atom. The van der Waals surface area contributed by atoms with Crippen LogP contribution < -0.4 is 5.32 Å². The molecule has 1 aliphatic rings. The summed E-state index contributed by atoms with van der Waals surface area (Å²) < 4.78 is 26.6. The van der Waals surface area contributed by atoms with Gasteiger partial charge in [-0.3, -0.25) is 0 Å². The molecule has 2 atom stereocenters. The molecule has 0 radical (unpaired) electrons. The van der Waals surface area contributed by atoms with Crippen molar-refractivity contribution < 1.29 is 8.78 Å². The van der Waals surface area contributed by atoms with Gasteiger partial charge in [0.1, 0.15) is 11.6 Å². The van der Waals surface area contributed by atoms with Crippen molar-refractivity contribution in [3.63, 3.8) is 0 Å². The number of benzene rings is 1. The van der Waals surface area contributed by atoms with E-state index in [0.717, 1.165) is 37.6 Å². The summed E-state index contributed by atoms with van der Waals surface area (Å²) in [6, 6.07) is 3.90. The van der Waals surface area contributed by atoms with Gasteiger partial charge in [0.25, 0.3) is 0 Å². The van der Waals surface area contributed by atoms with Gasteiger partial charge in [-0.1, -0.05) is 20.3 Å². The Balaban J connectivity index is 2.27. The normalized spacial score (nSPS) is 27.2. The van der Waals surface area contributed by atoms with Crippen LogP contribution in [0.2, 0.25) is 0 Å². The predicted octanol–water partition coefficient (Wildman–Crippen LogP) is 3.24. The first-order valence-corrected chi connectivity index (χ1v) is 6.29. The van der Waals surface area contributed by atoms with Crippen LogP contribution in [0.4, 0.5) is 8.78 Å². The van der Waals surface area contributed by atoms with E-state index >= 15 is 0 Å². The van der Waals surface area contributed by atoms with Crippen LogP contribution >= 0.6 is 0 Å². The lowest BCUT2D eigenvalue weighted by Gasteiger charge is -2.18. The Kier molecular flexibility index (Phi) is 3.48. The van der Waals surface area contributed by atoms with Gasteiger partial charge < -0.3 is 5.32 Å². The maximum Gasteiger partial charge on any atom is 0.126 e. The molecule has 1 saturated carbocycles. The maximum absolute atomic E-state index is 13.3. The lowest BCUT2D eigenvalue weighted by molar-refractivity contribution is 0.519. The minimum absolute atomic E-state index is 0.0479. The van der Waals surface area contributed by atoms with Crippen LogP contribution in [-0.4, -0.2) is 13.1 Å². The van der Waals surface area contributed by atoms with E-state index in [1.54, 1.807) is 0 Å². The molecule has 0 saturated heterocycles. The summed E-state index contributed by atoms with van der Waals surface area (Å²) in [7, 11) is 0. The van der Waals surface area contributed by atoms with E-state index in [1.165, 1.54) is 12.1 Å². The first-order valence-electron chi connectivity index (χ1n) is 6.29. The van der Waals surface area contributed by atoms with Crippen molar-refractivity contribution in [3.05, 3.63) is 35.4 Å². The maximum atomic E-state index is 13.3. The molecule has 2 rings (SSSR count). The molecule has 0 bridgehead atoms. The number of rotatable bonds is 5. The molecular formula is C14H19F2N. The fraction of sp³-hybridized carbons (Fsp3) is 0.571. The third kappa shape index (κ3) is 2.34. The average molecular weight is 239 g/mol. The van der Waals surface area contributed by atoms with E-state index in [9.17, 15) is 8.78 Å². The minimum Gasteiger partial charge on any atom is -0.316 e. The molecule has 2 unspecified atom stereocenters. The Hall–Kier alpha value is -0.960. The standard InChI is InChI=1S/C14H19F2N/c1-3-10-8-14(10,9-17-4-2)11-5-12(15)7-13(16)6-11/h5-7,10,17H,3-4,8-9H2,1-2H3. The van der Waals surface area contributed by atoms with E-state index < -0.39 is 11.6 Å². The van der Waals surface area contributed by atoms with Crippen molar-refractivity contribution >= 4 is 0 Å². The molecule has 0 aliphatic heterocycles. The summed E-state index contributed by atoms with van der Waals surface area (Å²) in [4.78, 5) is 0. The van der Waals surface area contributed by atoms with Crippen molar-refractivity contribution in [2.75, 3.05) is 13.1 Å². The first-order chi connectivity index (χ1) is 8.12. The molecule has 94 valence electrons. The molecule has 0 spiro atoms. The van der Waals surface area contributed by atoms with Gasteiger partial charge in [0, 0.05) is 18.0 Å². The third-order valence-corrected chi connectivity index (χ3v) is 3.85. The fourth-order valence-electron chi connectivity index (χ4n) is 2.78. The van der Waals surface area contributed by atoms with E-state index in [4.69, 9.17) is 0 Å². The van der Waals surface area contributed by atoms with E-state index in [1.807, 2.05) is 6.92 Å². The highest BCUT2D eigenvalue weighted by Crippen LogP contribution is 2.55. The van der Waals surface area contributed by atoms with Crippen molar-refractivity contribution in [1.29, 1.82) is 0 Å². The van der Waals surface area contributed by atoms with Gasteiger partial charge in [-0.25, -0.2) is 8.78 Å². The second-order valence-electron chi connectivity index (χ2n) is 4.90. The van der Waals surface area contributed by atoms with Gasteiger partial charge in [-0.05, 0) is 36.6 Å². The van der Waals surface area contributed by atoms with Crippen molar-refractivity contribution in [2.45, 2.75) is 32.1 Å². The van der Waals surface area contributed by atoms with Crippen molar-refractivity contribution in [2.24, 2.45) is 5.92 Å². The number of nitrogens with one attached hydrogen (secondary N) is 1. The minimum atomic E-state index is -0.474. The van der Waals surface area contributed by atoms with Crippen LogP contribution in [0.15, 0.2) is 18.2 Å².